The molecule has 1 heterocycles. The van der Waals surface area contributed by atoms with Crippen LogP contribution in [-0.4, -0.2) is 30.2 Å². The van der Waals surface area contributed by atoms with Crippen molar-refractivity contribution < 1.29 is 8.42 Å². The second-order valence-corrected chi connectivity index (χ2v) is 4.99. The Bertz CT molecular complexity index is 450. The van der Waals surface area contributed by atoms with E-state index in [9.17, 15) is 13.2 Å². The van der Waals surface area contributed by atoms with Gasteiger partial charge in [0.05, 0.1) is 5.75 Å². The number of aromatic nitrogens is 2. The van der Waals surface area contributed by atoms with Gasteiger partial charge in [0.1, 0.15) is 0 Å². The van der Waals surface area contributed by atoms with Gasteiger partial charge in [0.15, 0.2) is 5.82 Å². The van der Waals surface area contributed by atoms with Crippen molar-refractivity contribution in [2.45, 2.75) is 6.42 Å². The molecule has 0 aliphatic rings. The molecular formula is C7H10ClN3O3S. The van der Waals surface area contributed by atoms with E-state index in [1.54, 1.807) is 0 Å². The topological polar surface area (TPSA) is 91.9 Å². The molecule has 0 bridgehead atoms. The third kappa shape index (κ3) is 4.30. The van der Waals surface area contributed by atoms with Gasteiger partial charge in [0.2, 0.25) is 10.0 Å². The van der Waals surface area contributed by atoms with E-state index in [-0.39, 0.29) is 17.5 Å². The van der Waals surface area contributed by atoms with Crippen molar-refractivity contribution in [2.75, 3.05) is 16.4 Å². The Morgan fingerprint density at radius 3 is 2.73 bits per heavy atom. The van der Waals surface area contributed by atoms with Crippen LogP contribution in [0, 0.1) is 0 Å². The molecular weight excluding hydrogens is 242 g/mol. The summed E-state index contributed by atoms with van der Waals surface area (Å²) in [5.41, 5.74) is -0.390. The van der Waals surface area contributed by atoms with E-state index < -0.39 is 15.6 Å². The molecule has 0 atom stereocenters. The van der Waals surface area contributed by atoms with Crippen molar-refractivity contribution >= 4 is 27.4 Å². The summed E-state index contributed by atoms with van der Waals surface area (Å²) < 4.78 is 24.9. The van der Waals surface area contributed by atoms with Gasteiger partial charge in [-0.3, -0.25) is 9.52 Å². The first kappa shape index (κ1) is 12.0. The summed E-state index contributed by atoms with van der Waals surface area (Å²) >= 11 is 5.38. The first-order valence-corrected chi connectivity index (χ1v) is 6.34. The number of aromatic amines is 1. The standard InChI is InChI=1S/C7H10ClN3O3S/c8-4-1-5-15(13,14)11-6-2-3-7(12)10-9-6/h2-3H,1,4-5H2,(H,9,11)(H,10,12). The molecule has 1 aromatic heterocycles. The molecule has 0 fully saturated rings. The van der Waals surface area contributed by atoms with Crippen LogP contribution < -0.4 is 10.3 Å². The van der Waals surface area contributed by atoms with Crippen LogP contribution in [0.25, 0.3) is 0 Å². The van der Waals surface area contributed by atoms with Crippen molar-refractivity contribution in [1.82, 2.24) is 10.2 Å². The second-order valence-electron chi connectivity index (χ2n) is 2.77. The van der Waals surface area contributed by atoms with Crippen LogP contribution in [0.15, 0.2) is 16.9 Å². The van der Waals surface area contributed by atoms with Crippen LogP contribution in [0.1, 0.15) is 6.42 Å². The Morgan fingerprint density at radius 1 is 1.47 bits per heavy atom. The molecule has 1 rings (SSSR count). The summed E-state index contributed by atoms with van der Waals surface area (Å²) in [4.78, 5) is 10.6. The molecule has 84 valence electrons. The van der Waals surface area contributed by atoms with Gasteiger partial charge in [-0.1, -0.05) is 0 Å². The first-order chi connectivity index (χ1) is 7.03. The lowest BCUT2D eigenvalue weighted by Crippen LogP contribution is -2.19. The number of anilines is 1. The zero-order chi connectivity index (χ0) is 11.3. The summed E-state index contributed by atoms with van der Waals surface area (Å²) in [5, 5.41) is 5.63. The maximum atomic E-state index is 11.3. The Balaban J connectivity index is 2.69. The summed E-state index contributed by atoms with van der Waals surface area (Å²) in [6.07, 6.45) is 0.361. The van der Waals surface area contributed by atoms with E-state index in [0.29, 0.717) is 6.42 Å². The second kappa shape index (κ2) is 5.13. The molecule has 15 heavy (non-hydrogen) atoms. The molecule has 0 spiro atoms. The highest BCUT2D eigenvalue weighted by Crippen LogP contribution is 2.02. The van der Waals surface area contributed by atoms with Gasteiger partial charge in [-0.15, -0.1) is 11.6 Å². The zero-order valence-corrected chi connectivity index (χ0v) is 9.31. The fourth-order valence-corrected chi connectivity index (χ4v) is 2.21. The van der Waals surface area contributed by atoms with Crippen molar-refractivity contribution in [2.24, 2.45) is 0 Å². The predicted octanol–water partition coefficient (Wildman–Crippen LogP) is 0.140. The van der Waals surface area contributed by atoms with E-state index in [1.807, 2.05) is 0 Å². The van der Waals surface area contributed by atoms with Gasteiger partial charge in [-0.2, -0.15) is 5.10 Å². The Morgan fingerprint density at radius 2 is 2.20 bits per heavy atom. The highest BCUT2D eigenvalue weighted by atomic mass is 35.5. The van der Waals surface area contributed by atoms with E-state index in [2.05, 4.69) is 14.9 Å². The normalized spacial score (nSPS) is 11.3. The monoisotopic (exact) mass is 251 g/mol. The predicted molar refractivity (Wildman–Crippen MR) is 57.6 cm³/mol. The summed E-state index contributed by atoms with van der Waals surface area (Å²) in [7, 11) is -3.43. The fourth-order valence-electron chi connectivity index (χ4n) is 0.856. The number of nitrogens with one attached hydrogen (secondary N) is 2. The molecule has 0 unspecified atom stereocenters. The maximum absolute atomic E-state index is 11.3. The van der Waals surface area contributed by atoms with Crippen LogP contribution in [0.2, 0.25) is 0 Å². The number of nitrogens with zero attached hydrogens (tertiary/aromatic N) is 1. The molecule has 8 heteroatoms. The van der Waals surface area contributed by atoms with Gasteiger partial charge >= 0.3 is 0 Å². The lowest BCUT2D eigenvalue weighted by atomic mass is 10.5. The molecule has 0 radical (unpaired) electrons. The third-order valence-corrected chi connectivity index (χ3v) is 3.10. The fraction of sp³-hybridized carbons (Fsp3) is 0.429. The molecule has 6 nitrogen and oxygen atoms in total. The Kier molecular flexibility index (Phi) is 4.10. The van der Waals surface area contributed by atoms with E-state index in [1.165, 1.54) is 12.1 Å². The van der Waals surface area contributed by atoms with E-state index in [4.69, 9.17) is 11.6 Å². The van der Waals surface area contributed by atoms with Gasteiger partial charge in [-0.25, -0.2) is 13.5 Å². The Hall–Kier alpha value is -1.08. The highest BCUT2D eigenvalue weighted by molar-refractivity contribution is 7.92. The van der Waals surface area contributed by atoms with Crippen LogP contribution in [0.5, 0.6) is 0 Å². The summed E-state index contributed by atoms with van der Waals surface area (Å²) in [6, 6.07) is 2.48. The quantitative estimate of drug-likeness (QED) is 0.728. The molecule has 2 N–H and O–H groups in total. The van der Waals surface area contributed by atoms with Crippen LogP contribution in [0.4, 0.5) is 5.82 Å². The minimum Gasteiger partial charge on any atom is -0.268 e. The van der Waals surface area contributed by atoms with Gasteiger partial charge in [0, 0.05) is 11.9 Å². The van der Waals surface area contributed by atoms with E-state index in [0.717, 1.165) is 0 Å². The molecule has 0 aliphatic heterocycles. The molecule has 0 aromatic carbocycles. The smallest absolute Gasteiger partial charge is 0.264 e. The van der Waals surface area contributed by atoms with Gasteiger partial charge < -0.3 is 0 Å². The number of sulfonamides is 1. The summed E-state index contributed by atoms with van der Waals surface area (Å²) in [6.45, 7) is 0. The molecule has 0 amide bonds. The number of hydrogen-bond acceptors (Lipinski definition) is 4. The van der Waals surface area contributed by atoms with Crippen LogP contribution in [-0.2, 0) is 10.0 Å². The average molecular weight is 252 g/mol. The van der Waals surface area contributed by atoms with Crippen molar-refractivity contribution in [3.05, 3.63) is 22.5 Å². The maximum Gasteiger partial charge on any atom is 0.264 e. The first-order valence-electron chi connectivity index (χ1n) is 4.16. The summed E-state index contributed by atoms with van der Waals surface area (Å²) in [5.74, 6) is 0.293. The Labute approximate surface area is 91.7 Å². The average Bonchev–Trinajstić information content (AvgIpc) is 2.18. The van der Waals surface area contributed by atoms with Crippen LogP contribution in [0.3, 0.4) is 0 Å². The van der Waals surface area contributed by atoms with E-state index >= 15 is 0 Å². The minimum absolute atomic E-state index is 0.0721. The number of alkyl halides is 1. The van der Waals surface area contributed by atoms with Crippen molar-refractivity contribution in [1.29, 1.82) is 0 Å². The SMILES string of the molecule is O=c1ccc(NS(=O)(=O)CCCCl)n[nH]1. The molecule has 0 saturated carbocycles. The third-order valence-electron chi connectivity index (χ3n) is 1.49. The molecule has 0 saturated heterocycles. The number of halogens is 1. The highest BCUT2D eigenvalue weighted by Gasteiger charge is 2.10. The minimum atomic E-state index is -3.43. The number of rotatable bonds is 5. The lowest BCUT2D eigenvalue weighted by molar-refractivity contribution is 0.599. The van der Waals surface area contributed by atoms with Crippen molar-refractivity contribution in [3.63, 3.8) is 0 Å². The molecule has 0 aliphatic carbocycles. The van der Waals surface area contributed by atoms with Gasteiger partial charge in [-0.05, 0) is 12.5 Å². The lowest BCUT2D eigenvalue weighted by Gasteiger charge is -2.04. The molecule has 1 aromatic rings. The van der Waals surface area contributed by atoms with Gasteiger partial charge in [0.25, 0.3) is 5.56 Å². The zero-order valence-electron chi connectivity index (χ0n) is 7.73. The number of hydrogen-bond donors (Lipinski definition) is 2. The number of H-pyrrole nitrogens is 1. The largest absolute Gasteiger partial charge is 0.268 e. The van der Waals surface area contributed by atoms with Crippen molar-refractivity contribution in [3.8, 4) is 0 Å². The van der Waals surface area contributed by atoms with Crippen LogP contribution >= 0.6 is 11.6 Å².